The van der Waals surface area contributed by atoms with Gasteiger partial charge in [-0.05, 0) is 58.2 Å². The molecule has 0 aromatic rings. The van der Waals surface area contributed by atoms with Gasteiger partial charge in [0.05, 0.1) is 5.54 Å². The third-order valence-electron chi connectivity index (χ3n) is 4.14. The zero-order chi connectivity index (χ0) is 13.6. The first-order chi connectivity index (χ1) is 8.45. The van der Waals surface area contributed by atoms with Crippen molar-refractivity contribution in [3.8, 4) is 0 Å². The zero-order valence-corrected chi connectivity index (χ0v) is 12.0. The van der Waals surface area contributed by atoms with Gasteiger partial charge in [0.15, 0.2) is 0 Å². The Morgan fingerprint density at radius 1 is 1.39 bits per heavy atom. The van der Waals surface area contributed by atoms with Crippen LogP contribution in [0.1, 0.15) is 52.4 Å². The molecular weight excluding hydrogens is 226 g/mol. The lowest BCUT2D eigenvalue weighted by Gasteiger charge is -2.32. The van der Waals surface area contributed by atoms with Crippen molar-refractivity contribution < 1.29 is 4.79 Å². The Kier molecular flexibility index (Phi) is 6.09. The summed E-state index contributed by atoms with van der Waals surface area (Å²) < 4.78 is 0. The van der Waals surface area contributed by atoms with Gasteiger partial charge < -0.3 is 16.4 Å². The second-order valence-corrected chi connectivity index (χ2v) is 5.96. The van der Waals surface area contributed by atoms with Crippen molar-refractivity contribution in [2.45, 2.75) is 57.9 Å². The van der Waals surface area contributed by atoms with Crippen LogP contribution in [0.2, 0.25) is 0 Å². The molecule has 1 atom stereocenters. The molecule has 1 aliphatic heterocycles. The van der Waals surface area contributed by atoms with Crippen molar-refractivity contribution in [1.29, 1.82) is 0 Å². The van der Waals surface area contributed by atoms with Gasteiger partial charge in [0.25, 0.3) is 0 Å². The van der Waals surface area contributed by atoms with Crippen LogP contribution in [-0.2, 0) is 4.79 Å². The second kappa shape index (κ2) is 7.10. The maximum absolute atomic E-state index is 11.1. The van der Waals surface area contributed by atoms with Gasteiger partial charge in [0.1, 0.15) is 0 Å². The molecule has 18 heavy (non-hydrogen) atoms. The van der Waals surface area contributed by atoms with Crippen molar-refractivity contribution in [2.75, 3.05) is 19.6 Å². The first kappa shape index (κ1) is 15.4. The molecule has 4 heteroatoms. The Balaban J connectivity index is 2.16. The Hall–Kier alpha value is -0.610. The van der Waals surface area contributed by atoms with Crippen molar-refractivity contribution in [3.63, 3.8) is 0 Å². The molecule has 0 bridgehead atoms. The molecule has 0 aliphatic carbocycles. The number of piperidine rings is 1. The maximum atomic E-state index is 11.1. The van der Waals surface area contributed by atoms with E-state index in [1.165, 1.54) is 38.8 Å². The molecule has 4 N–H and O–H groups in total. The first-order valence-corrected chi connectivity index (χ1v) is 7.27. The fourth-order valence-electron chi connectivity index (χ4n) is 2.70. The smallest absolute Gasteiger partial charge is 0.237 e. The predicted molar refractivity (Wildman–Crippen MR) is 75.1 cm³/mol. The number of carbonyl (C=O) groups excluding carboxylic acids is 1. The third kappa shape index (κ3) is 4.94. The van der Waals surface area contributed by atoms with Gasteiger partial charge >= 0.3 is 0 Å². The Bertz CT molecular complexity index is 258. The third-order valence-corrected chi connectivity index (χ3v) is 4.14. The van der Waals surface area contributed by atoms with Crippen LogP contribution < -0.4 is 11.5 Å². The van der Waals surface area contributed by atoms with Gasteiger partial charge in [-0.25, -0.2) is 0 Å². The molecule has 0 aromatic heterocycles. The van der Waals surface area contributed by atoms with Gasteiger partial charge in [-0.15, -0.1) is 0 Å². The quantitative estimate of drug-likeness (QED) is 0.724. The molecule has 1 aliphatic rings. The van der Waals surface area contributed by atoms with Gasteiger partial charge in [-0.3, -0.25) is 4.79 Å². The fourth-order valence-corrected chi connectivity index (χ4v) is 2.70. The number of nitrogens with two attached hydrogens (primary N) is 2. The van der Waals surface area contributed by atoms with E-state index in [9.17, 15) is 4.79 Å². The van der Waals surface area contributed by atoms with Crippen molar-refractivity contribution >= 4 is 5.91 Å². The summed E-state index contributed by atoms with van der Waals surface area (Å²) in [6.07, 6.45) is 6.95. The minimum atomic E-state index is -0.847. The van der Waals surface area contributed by atoms with Crippen LogP contribution in [0.15, 0.2) is 0 Å². The minimum Gasteiger partial charge on any atom is -0.368 e. The molecule has 1 unspecified atom stereocenters. The van der Waals surface area contributed by atoms with Crippen LogP contribution >= 0.6 is 0 Å². The van der Waals surface area contributed by atoms with E-state index in [-0.39, 0.29) is 0 Å². The normalized spacial score (nSPS) is 21.7. The lowest BCUT2D eigenvalue weighted by Crippen LogP contribution is -2.49. The number of nitrogens with zero attached hydrogens (tertiary/aromatic N) is 1. The highest BCUT2D eigenvalue weighted by molar-refractivity contribution is 5.83. The molecule has 0 spiro atoms. The van der Waals surface area contributed by atoms with Gasteiger partial charge in [-0.2, -0.15) is 0 Å². The summed E-state index contributed by atoms with van der Waals surface area (Å²) in [6.45, 7) is 7.42. The summed E-state index contributed by atoms with van der Waals surface area (Å²) in [7, 11) is 0. The second-order valence-electron chi connectivity index (χ2n) is 5.96. The van der Waals surface area contributed by atoms with E-state index in [0.717, 1.165) is 18.9 Å². The fraction of sp³-hybridized carbons (Fsp3) is 0.929. The Morgan fingerprint density at radius 2 is 2.00 bits per heavy atom. The number of rotatable bonds is 7. The van der Waals surface area contributed by atoms with Crippen molar-refractivity contribution in [3.05, 3.63) is 0 Å². The largest absolute Gasteiger partial charge is 0.368 e. The topological polar surface area (TPSA) is 72.3 Å². The van der Waals surface area contributed by atoms with E-state index in [2.05, 4.69) is 11.8 Å². The first-order valence-electron chi connectivity index (χ1n) is 7.27. The van der Waals surface area contributed by atoms with E-state index in [1.54, 1.807) is 6.92 Å². The van der Waals surface area contributed by atoms with Crippen LogP contribution in [0.4, 0.5) is 0 Å². The summed E-state index contributed by atoms with van der Waals surface area (Å²) in [5.41, 5.74) is 10.3. The highest BCUT2D eigenvalue weighted by atomic mass is 16.1. The molecule has 106 valence electrons. The van der Waals surface area contributed by atoms with Crippen LogP contribution in [0.25, 0.3) is 0 Å². The number of amides is 1. The summed E-state index contributed by atoms with van der Waals surface area (Å²) in [6, 6.07) is 0. The molecule has 1 amide bonds. The van der Waals surface area contributed by atoms with E-state index in [4.69, 9.17) is 11.5 Å². The zero-order valence-electron chi connectivity index (χ0n) is 12.0. The number of likely N-dealkylation sites (tertiary alicyclic amines) is 1. The molecular formula is C14H29N3O. The molecule has 1 saturated heterocycles. The van der Waals surface area contributed by atoms with E-state index >= 15 is 0 Å². The highest BCUT2D eigenvalue weighted by Crippen LogP contribution is 2.22. The average molecular weight is 255 g/mol. The van der Waals surface area contributed by atoms with Crippen molar-refractivity contribution in [1.82, 2.24) is 4.90 Å². The van der Waals surface area contributed by atoms with Crippen LogP contribution in [0.5, 0.6) is 0 Å². The molecule has 1 rings (SSSR count). The monoisotopic (exact) mass is 255 g/mol. The van der Waals surface area contributed by atoms with Crippen LogP contribution in [0, 0.1) is 5.92 Å². The van der Waals surface area contributed by atoms with Crippen LogP contribution in [0.3, 0.4) is 0 Å². The molecule has 1 heterocycles. The Morgan fingerprint density at radius 3 is 2.50 bits per heavy atom. The number of primary amides is 1. The molecule has 0 saturated carbocycles. The lowest BCUT2D eigenvalue weighted by molar-refractivity contribution is -0.122. The van der Waals surface area contributed by atoms with E-state index < -0.39 is 11.4 Å². The van der Waals surface area contributed by atoms with E-state index in [0.29, 0.717) is 6.42 Å². The maximum Gasteiger partial charge on any atom is 0.237 e. The molecule has 4 nitrogen and oxygen atoms in total. The van der Waals surface area contributed by atoms with Gasteiger partial charge in [0.2, 0.25) is 5.91 Å². The lowest BCUT2D eigenvalue weighted by atomic mass is 9.92. The Labute approximate surface area is 111 Å². The van der Waals surface area contributed by atoms with Crippen molar-refractivity contribution in [2.24, 2.45) is 17.4 Å². The molecule has 0 radical (unpaired) electrons. The SMILES string of the molecule is CCCC1CCN(CCCC(C)(N)C(N)=O)CC1. The predicted octanol–water partition coefficient (Wildman–Crippen LogP) is 1.48. The van der Waals surface area contributed by atoms with Gasteiger partial charge in [0, 0.05) is 0 Å². The summed E-state index contributed by atoms with van der Waals surface area (Å²) in [5, 5.41) is 0. The number of carbonyl (C=O) groups is 1. The number of hydrogen-bond acceptors (Lipinski definition) is 3. The number of hydrogen-bond donors (Lipinski definition) is 2. The minimum absolute atomic E-state index is 0.399. The highest BCUT2D eigenvalue weighted by Gasteiger charge is 2.25. The molecule has 1 fully saturated rings. The molecule has 0 aromatic carbocycles. The van der Waals surface area contributed by atoms with Gasteiger partial charge in [-0.1, -0.05) is 19.8 Å². The van der Waals surface area contributed by atoms with Crippen LogP contribution in [-0.4, -0.2) is 36.0 Å². The summed E-state index contributed by atoms with van der Waals surface area (Å²) >= 11 is 0. The van der Waals surface area contributed by atoms with E-state index in [1.807, 2.05) is 0 Å². The summed E-state index contributed by atoms with van der Waals surface area (Å²) in [5.74, 6) is 0.529. The summed E-state index contributed by atoms with van der Waals surface area (Å²) in [4.78, 5) is 13.6. The standard InChI is InChI=1S/C14H29N3O/c1-3-5-12-6-10-17(11-7-12)9-4-8-14(2,16)13(15)18/h12H,3-11,16H2,1-2H3,(H2,15,18). The average Bonchev–Trinajstić information content (AvgIpc) is 2.31.